The molecule has 0 aliphatic heterocycles. The van der Waals surface area contributed by atoms with Gasteiger partial charge in [0, 0.05) is 20.2 Å². The molecule has 0 bridgehead atoms. The second-order valence-corrected chi connectivity index (χ2v) is 7.93. The Kier molecular flexibility index (Phi) is 6.41. The van der Waals surface area contributed by atoms with Crippen molar-refractivity contribution in [3.05, 3.63) is 97.4 Å². The highest BCUT2D eigenvalue weighted by atomic mass is 79.9. The van der Waals surface area contributed by atoms with Gasteiger partial charge in [-0.3, -0.25) is 4.79 Å². The first-order valence-corrected chi connectivity index (χ1v) is 9.96. The Hall–Kier alpha value is -2.32. The predicted octanol–water partition coefficient (Wildman–Crippen LogP) is 6.97. The lowest BCUT2D eigenvalue weighted by atomic mass is 9.91. The van der Waals surface area contributed by atoms with Crippen molar-refractivity contribution < 1.29 is 4.79 Å². The Balaban J connectivity index is 1.92. The zero-order valence-corrected chi connectivity index (χ0v) is 17.9. The average molecular weight is 474 g/mol. The van der Waals surface area contributed by atoms with Crippen LogP contribution in [-0.4, -0.2) is 5.91 Å². The first-order chi connectivity index (χ1) is 13.4. The quantitative estimate of drug-likeness (QED) is 0.444. The molecule has 3 aromatic carbocycles. The van der Waals surface area contributed by atoms with E-state index in [1.807, 2.05) is 37.3 Å². The molecule has 1 N–H and O–H groups in total. The van der Waals surface area contributed by atoms with Gasteiger partial charge in [-0.25, -0.2) is 0 Å². The standard InChI is InChI=1S/C22H15BrCl2N2O/c1-13-10-17(18(12-26)14-6-8-15(24)9-7-14)20(25)11-21(13)27-22(28)16-4-2-3-5-19(16)23/h2-11,18H,1H3,(H,27,28). The number of halogens is 3. The molecule has 28 heavy (non-hydrogen) atoms. The van der Waals surface area contributed by atoms with Crippen molar-refractivity contribution in [2.75, 3.05) is 5.32 Å². The summed E-state index contributed by atoms with van der Waals surface area (Å²) in [4.78, 5) is 12.6. The molecule has 0 radical (unpaired) electrons. The number of anilines is 1. The van der Waals surface area contributed by atoms with Crippen LogP contribution < -0.4 is 5.32 Å². The Morgan fingerprint density at radius 3 is 2.43 bits per heavy atom. The van der Waals surface area contributed by atoms with Crippen LogP contribution in [0.4, 0.5) is 5.69 Å². The Bertz CT molecular complexity index is 1070. The third-order valence-electron chi connectivity index (χ3n) is 4.35. The van der Waals surface area contributed by atoms with E-state index in [0.717, 1.165) is 11.1 Å². The van der Waals surface area contributed by atoms with Crippen LogP contribution in [0.1, 0.15) is 33.0 Å². The van der Waals surface area contributed by atoms with Crippen LogP contribution in [0.5, 0.6) is 0 Å². The van der Waals surface area contributed by atoms with Crippen LogP contribution in [0, 0.1) is 18.3 Å². The zero-order valence-electron chi connectivity index (χ0n) is 14.8. The van der Waals surface area contributed by atoms with Crippen molar-refractivity contribution in [2.24, 2.45) is 0 Å². The maximum Gasteiger partial charge on any atom is 0.256 e. The third kappa shape index (κ3) is 4.39. The summed E-state index contributed by atoms with van der Waals surface area (Å²) in [6.07, 6.45) is 0. The van der Waals surface area contributed by atoms with Gasteiger partial charge in [0.1, 0.15) is 0 Å². The van der Waals surface area contributed by atoms with Crippen LogP contribution in [0.2, 0.25) is 10.0 Å². The summed E-state index contributed by atoms with van der Waals surface area (Å²) in [7, 11) is 0. The number of hydrogen-bond acceptors (Lipinski definition) is 2. The van der Waals surface area contributed by atoms with E-state index in [2.05, 4.69) is 27.3 Å². The fourth-order valence-corrected chi connectivity index (χ4v) is 3.74. The molecule has 3 rings (SSSR count). The van der Waals surface area contributed by atoms with Crippen molar-refractivity contribution in [3.8, 4) is 6.07 Å². The molecule has 3 nitrogen and oxygen atoms in total. The molecule has 140 valence electrons. The van der Waals surface area contributed by atoms with E-state index in [4.69, 9.17) is 23.2 Å². The van der Waals surface area contributed by atoms with E-state index in [-0.39, 0.29) is 5.91 Å². The molecule has 0 aliphatic rings. The summed E-state index contributed by atoms with van der Waals surface area (Å²) < 4.78 is 0.708. The molecule has 0 fully saturated rings. The fourth-order valence-electron chi connectivity index (χ4n) is 2.87. The summed E-state index contributed by atoms with van der Waals surface area (Å²) in [5.74, 6) is -0.773. The molecule has 0 aromatic heterocycles. The Labute approximate surface area is 182 Å². The number of nitrogens with one attached hydrogen (secondary N) is 1. The van der Waals surface area contributed by atoms with Crippen molar-refractivity contribution in [3.63, 3.8) is 0 Å². The molecular weight excluding hydrogens is 459 g/mol. The van der Waals surface area contributed by atoms with Crippen molar-refractivity contribution in [2.45, 2.75) is 12.8 Å². The van der Waals surface area contributed by atoms with Gasteiger partial charge in [-0.15, -0.1) is 0 Å². The van der Waals surface area contributed by atoms with Gasteiger partial charge < -0.3 is 5.32 Å². The van der Waals surface area contributed by atoms with E-state index in [1.54, 1.807) is 30.3 Å². The fraction of sp³-hybridized carbons (Fsp3) is 0.0909. The van der Waals surface area contributed by atoms with E-state index >= 15 is 0 Å². The number of hydrogen-bond donors (Lipinski definition) is 1. The molecule has 0 aliphatic carbocycles. The molecule has 0 saturated carbocycles. The minimum absolute atomic E-state index is 0.242. The molecule has 0 saturated heterocycles. The van der Waals surface area contributed by atoms with Gasteiger partial charge in [-0.2, -0.15) is 5.26 Å². The second kappa shape index (κ2) is 8.79. The molecule has 0 heterocycles. The minimum atomic E-state index is -0.531. The summed E-state index contributed by atoms with van der Waals surface area (Å²) in [5.41, 5.74) is 3.43. The Morgan fingerprint density at radius 1 is 1.11 bits per heavy atom. The first kappa shape index (κ1) is 20.4. The van der Waals surface area contributed by atoms with Gasteiger partial charge in [-0.05, 0) is 69.9 Å². The maximum absolute atomic E-state index is 12.6. The highest BCUT2D eigenvalue weighted by Gasteiger charge is 2.19. The molecule has 1 atom stereocenters. The van der Waals surface area contributed by atoms with Crippen LogP contribution in [0.25, 0.3) is 0 Å². The van der Waals surface area contributed by atoms with Gasteiger partial charge in [-0.1, -0.05) is 53.5 Å². The van der Waals surface area contributed by atoms with E-state index in [0.29, 0.717) is 31.3 Å². The van der Waals surface area contributed by atoms with Crippen LogP contribution >= 0.6 is 39.1 Å². The number of aryl methyl sites for hydroxylation is 1. The number of nitriles is 1. The van der Waals surface area contributed by atoms with Gasteiger partial charge >= 0.3 is 0 Å². The first-order valence-electron chi connectivity index (χ1n) is 8.41. The molecule has 0 spiro atoms. The molecule has 1 unspecified atom stereocenters. The Morgan fingerprint density at radius 2 is 1.79 bits per heavy atom. The average Bonchev–Trinajstić information content (AvgIpc) is 2.67. The number of amides is 1. The summed E-state index contributed by atoms with van der Waals surface area (Å²) in [5, 5.41) is 13.6. The zero-order chi connectivity index (χ0) is 20.3. The molecule has 1 amide bonds. The van der Waals surface area contributed by atoms with E-state index in [1.165, 1.54) is 0 Å². The third-order valence-corrected chi connectivity index (χ3v) is 5.62. The predicted molar refractivity (Wildman–Crippen MR) is 117 cm³/mol. The summed E-state index contributed by atoms with van der Waals surface area (Å²) in [6.45, 7) is 1.87. The van der Waals surface area contributed by atoms with E-state index < -0.39 is 5.92 Å². The summed E-state index contributed by atoms with van der Waals surface area (Å²) >= 11 is 15.8. The SMILES string of the molecule is Cc1cc(C(C#N)c2ccc(Cl)cc2)c(Cl)cc1NC(=O)c1ccccc1Br. The van der Waals surface area contributed by atoms with Gasteiger partial charge in [0.2, 0.25) is 0 Å². The molecule has 6 heteroatoms. The number of nitrogens with zero attached hydrogens (tertiary/aromatic N) is 1. The minimum Gasteiger partial charge on any atom is -0.322 e. The number of benzene rings is 3. The number of rotatable bonds is 4. The van der Waals surface area contributed by atoms with Crippen molar-refractivity contribution in [1.82, 2.24) is 0 Å². The van der Waals surface area contributed by atoms with Crippen molar-refractivity contribution >= 4 is 50.7 Å². The molecule has 3 aromatic rings. The van der Waals surface area contributed by atoms with E-state index in [9.17, 15) is 10.1 Å². The van der Waals surface area contributed by atoms with Crippen LogP contribution in [0.15, 0.2) is 65.1 Å². The normalized spacial score (nSPS) is 11.5. The molecular formula is C22H15BrCl2N2O. The number of carbonyl (C=O) groups excluding carboxylic acids is 1. The maximum atomic E-state index is 12.6. The lowest BCUT2D eigenvalue weighted by Crippen LogP contribution is -2.14. The second-order valence-electron chi connectivity index (χ2n) is 6.24. The lowest BCUT2D eigenvalue weighted by molar-refractivity contribution is 0.102. The largest absolute Gasteiger partial charge is 0.322 e. The highest BCUT2D eigenvalue weighted by molar-refractivity contribution is 9.10. The number of carbonyl (C=O) groups is 1. The van der Waals surface area contributed by atoms with Crippen LogP contribution in [-0.2, 0) is 0 Å². The highest BCUT2D eigenvalue weighted by Crippen LogP contribution is 2.34. The van der Waals surface area contributed by atoms with Crippen molar-refractivity contribution in [1.29, 1.82) is 5.26 Å². The van der Waals surface area contributed by atoms with Gasteiger partial charge in [0.05, 0.1) is 17.6 Å². The van der Waals surface area contributed by atoms with Crippen LogP contribution in [0.3, 0.4) is 0 Å². The monoisotopic (exact) mass is 472 g/mol. The smallest absolute Gasteiger partial charge is 0.256 e. The van der Waals surface area contributed by atoms with Gasteiger partial charge in [0.25, 0.3) is 5.91 Å². The summed E-state index contributed by atoms with van der Waals surface area (Å²) in [6, 6.07) is 20.1. The topological polar surface area (TPSA) is 52.9 Å². The van der Waals surface area contributed by atoms with Gasteiger partial charge in [0.15, 0.2) is 0 Å². The lowest BCUT2D eigenvalue weighted by Gasteiger charge is -2.16.